The molecule has 0 atom stereocenters. The molecule has 0 aromatic rings. The Hall–Kier alpha value is -0.0400. The Morgan fingerprint density at radius 3 is 1.33 bits per heavy atom. The van der Waals surface area contributed by atoms with Gasteiger partial charge in [-0.05, 0) is 18.4 Å². The lowest BCUT2D eigenvalue weighted by molar-refractivity contribution is 0.664. The molecule has 0 aliphatic rings. The van der Waals surface area contributed by atoms with Crippen LogP contribution in [0.2, 0.25) is 0 Å². The van der Waals surface area contributed by atoms with Gasteiger partial charge in [-0.25, -0.2) is 0 Å². The number of nitrogens with two attached hydrogens (primary N) is 1. The standard InChI is InChI=1S/C4H11N.C4H9/c1-4(2)3-5;1-4(2)3/h4H,3,5H2,1-2H3;4H,1H2,2-3H3. The zero-order valence-corrected chi connectivity index (χ0v) is 7.15. The van der Waals surface area contributed by atoms with Crippen molar-refractivity contribution >= 4 is 0 Å². The van der Waals surface area contributed by atoms with E-state index in [9.17, 15) is 0 Å². The van der Waals surface area contributed by atoms with Crippen LogP contribution in [0.1, 0.15) is 27.7 Å². The Labute approximate surface area is 59.6 Å². The third-order valence-electron chi connectivity index (χ3n) is 0.471. The highest BCUT2D eigenvalue weighted by Crippen LogP contribution is 1.81. The molecule has 0 amide bonds. The van der Waals surface area contributed by atoms with Crippen LogP contribution in [0.15, 0.2) is 0 Å². The quantitative estimate of drug-likeness (QED) is 0.578. The molecular weight excluding hydrogens is 110 g/mol. The molecule has 0 unspecified atom stereocenters. The van der Waals surface area contributed by atoms with E-state index in [1.54, 1.807) is 0 Å². The molecule has 0 rings (SSSR count). The van der Waals surface area contributed by atoms with Gasteiger partial charge >= 0.3 is 0 Å². The van der Waals surface area contributed by atoms with Crippen molar-refractivity contribution in [1.29, 1.82) is 0 Å². The smallest absolute Gasteiger partial charge is 0.00541 e. The van der Waals surface area contributed by atoms with Crippen LogP contribution in [0.25, 0.3) is 0 Å². The van der Waals surface area contributed by atoms with Crippen LogP contribution in [0.4, 0.5) is 0 Å². The minimum Gasteiger partial charge on any atom is -0.330 e. The molecule has 0 bridgehead atoms. The van der Waals surface area contributed by atoms with E-state index in [1.165, 1.54) is 0 Å². The van der Waals surface area contributed by atoms with E-state index in [0.717, 1.165) is 6.54 Å². The lowest BCUT2D eigenvalue weighted by Gasteiger charge is -1.91. The van der Waals surface area contributed by atoms with Gasteiger partial charge in [0.1, 0.15) is 0 Å². The fourth-order valence-electron chi connectivity index (χ4n) is 0. The average molecular weight is 130 g/mol. The summed E-state index contributed by atoms with van der Waals surface area (Å²) in [5.41, 5.74) is 5.17. The topological polar surface area (TPSA) is 26.0 Å². The molecule has 0 aromatic heterocycles. The molecule has 0 aromatic carbocycles. The fraction of sp³-hybridized carbons (Fsp3) is 0.875. The molecule has 0 saturated heterocycles. The molecule has 1 nitrogen and oxygen atoms in total. The predicted molar refractivity (Wildman–Crippen MR) is 44.1 cm³/mol. The summed E-state index contributed by atoms with van der Waals surface area (Å²) in [6.07, 6.45) is 0. The molecule has 0 heterocycles. The van der Waals surface area contributed by atoms with E-state index < -0.39 is 0 Å². The summed E-state index contributed by atoms with van der Waals surface area (Å²) in [5, 5.41) is 0. The van der Waals surface area contributed by atoms with Crippen LogP contribution in [-0.4, -0.2) is 6.54 Å². The fourth-order valence-corrected chi connectivity index (χ4v) is 0. The second-order valence-corrected chi connectivity index (χ2v) is 3.02. The predicted octanol–water partition coefficient (Wildman–Crippen LogP) is 2.08. The summed E-state index contributed by atoms with van der Waals surface area (Å²) in [4.78, 5) is 0. The third-order valence-corrected chi connectivity index (χ3v) is 0.471. The molecule has 1 radical (unpaired) electrons. The van der Waals surface area contributed by atoms with Crippen LogP contribution in [0, 0.1) is 18.8 Å². The van der Waals surface area contributed by atoms with E-state index in [-0.39, 0.29) is 0 Å². The highest BCUT2D eigenvalue weighted by Gasteiger charge is 1.80. The zero-order chi connectivity index (χ0) is 7.86. The molecule has 9 heavy (non-hydrogen) atoms. The molecular formula is C8H20N. The molecule has 0 aliphatic carbocycles. The Balaban J connectivity index is 0. The summed E-state index contributed by atoms with van der Waals surface area (Å²) in [5.74, 6) is 1.25. The Bertz CT molecular complexity index is 37.1. The first-order valence-electron chi connectivity index (χ1n) is 3.53. The van der Waals surface area contributed by atoms with E-state index >= 15 is 0 Å². The van der Waals surface area contributed by atoms with Gasteiger partial charge < -0.3 is 5.73 Å². The minimum atomic E-state index is 0.583. The first-order chi connectivity index (χ1) is 4.00. The van der Waals surface area contributed by atoms with Crippen LogP contribution < -0.4 is 5.73 Å². The van der Waals surface area contributed by atoms with Crippen molar-refractivity contribution in [3.8, 4) is 0 Å². The van der Waals surface area contributed by atoms with E-state index in [0.29, 0.717) is 11.8 Å². The molecule has 0 spiro atoms. The van der Waals surface area contributed by atoms with Gasteiger partial charge in [-0.2, -0.15) is 0 Å². The molecule has 0 saturated carbocycles. The van der Waals surface area contributed by atoms with E-state index in [4.69, 9.17) is 5.73 Å². The van der Waals surface area contributed by atoms with Crippen molar-refractivity contribution in [3.05, 3.63) is 6.92 Å². The second kappa shape index (κ2) is 7.96. The molecule has 1 heteroatoms. The van der Waals surface area contributed by atoms with Gasteiger partial charge in [0.05, 0.1) is 0 Å². The van der Waals surface area contributed by atoms with Crippen molar-refractivity contribution in [2.75, 3.05) is 6.54 Å². The zero-order valence-electron chi connectivity index (χ0n) is 7.15. The second-order valence-electron chi connectivity index (χ2n) is 3.02. The van der Waals surface area contributed by atoms with E-state index in [2.05, 4.69) is 34.6 Å². The maximum absolute atomic E-state index is 5.17. The SMILES string of the molecule is CC(C)CN.[CH2]C(C)C. The Morgan fingerprint density at radius 2 is 1.33 bits per heavy atom. The lowest BCUT2D eigenvalue weighted by Crippen LogP contribution is -2.05. The monoisotopic (exact) mass is 130 g/mol. The van der Waals surface area contributed by atoms with Crippen LogP contribution in [-0.2, 0) is 0 Å². The highest BCUT2D eigenvalue weighted by atomic mass is 14.5. The first kappa shape index (κ1) is 11.7. The maximum Gasteiger partial charge on any atom is -0.00541 e. The van der Waals surface area contributed by atoms with Crippen molar-refractivity contribution in [1.82, 2.24) is 0 Å². The summed E-state index contributed by atoms with van der Waals surface area (Å²) >= 11 is 0. The van der Waals surface area contributed by atoms with Crippen molar-refractivity contribution in [2.24, 2.45) is 17.6 Å². The highest BCUT2D eigenvalue weighted by molar-refractivity contribution is 4.38. The van der Waals surface area contributed by atoms with Gasteiger partial charge in [-0.3, -0.25) is 0 Å². The van der Waals surface area contributed by atoms with Crippen LogP contribution >= 0.6 is 0 Å². The van der Waals surface area contributed by atoms with Crippen LogP contribution in [0.5, 0.6) is 0 Å². The Morgan fingerprint density at radius 1 is 1.22 bits per heavy atom. The normalized spacial score (nSPS) is 9.33. The minimum absolute atomic E-state index is 0.583. The summed E-state index contributed by atoms with van der Waals surface area (Å²) in [6, 6.07) is 0. The summed E-state index contributed by atoms with van der Waals surface area (Å²) < 4.78 is 0. The summed E-state index contributed by atoms with van der Waals surface area (Å²) in [6.45, 7) is 12.8. The molecule has 2 N–H and O–H groups in total. The largest absolute Gasteiger partial charge is 0.330 e. The Kier molecular flexibility index (Phi) is 10.4. The molecule has 57 valence electrons. The van der Waals surface area contributed by atoms with E-state index in [1.807, 2.05) is 0 Å². The first-order valence-corrected chi connectivity index (χ1v) is 3.53. The number of rotatable bonds is 1. The summed E-state index contributed by atoms with van der Waals surface area (Å²) in [7, 11) is 0. The van der Waals surface area contributed by atoms with Crippen molar-refractivity contribution < 1.29 is 0 Å². The van der Waals surface area contributed by atoms with Crippen molar-refractivity contribution in [2.45, 2.75) is 27.7 Å². The van der Waals surface area contributed by atoms with Crippen LogP contribution in [0.3, 0.4) is 0 Å². The maximum atomic E-state index is 5.17. The van der Waals surface area contributed by atoms with Gasteiger partial charge in [0.2, 0.25) is 0 Å². The molecule has 0 aliphatic heterocycles. The third kappa shape index (κ3) is 73.6. The van der Waals surface area contributed by atoms with Gasteiger partial charge in [-0.15, -0.1) is 0 Å². The number of hydrogen-bond acceptors (Lipinski definition) is 1. The average Bonchev–Trinajstić information content (AvgIpc) is 1.65. The van der Waals surface area contributed by atoms with Gasteiger partial charge in [0, 0.05) is 0 Å². The van der Waals surface area contributed by atoms with Gasteiger partial charge in [0.15, 0.2) is 0 Å². The van der Waals surface area contributed by atoms with Crippen molar-refractivity contribution in [3.63, 3.8) is 0 Å². The number of hydrogen-bond donors (Lipinski definition) is 1. The van der Waals surface area contributed by atoms with Gasteiger partial charge in [0.25, 0.3) is 0 Å². The van der Waals surface area contributed by atoms with Gasteiger partial charge in [-0.1, -0.05) is 34.6 Å². The lowest BCUT2D eigenvalue weighted by atomic mass is 10.2. The molecule has 0 fully saturated rings.